The molecule has 1 unspecified atom stereocenters. The van der Waals surface area contributed by atoms with Crippen molar-refractivity contribution in [3.63, 3.8) is 0 Å². The zero-order valence-electron chi connectivity index (χ0n) is 7.12. The predicted molar refractivity (Wildman–Crippen MR) is 53.2 cm³/mol. The maximum absolute atomic E-state index is 11.1. The van der Waals surface area contributed by atoms with E-state index in [1.807, 2.05) is 31.2 Å². The number of rotatable bonds is 3. The Kier molecular flexibility index (Phi) is 3.23. The first-order chi connectivity index (χ1) is 5.72. The summed E-state index contributed by atoms with van der Waals surface area (Å²) in [6.07, 6.45) is 0. The van der Waals surface area contributed by atoms with Crippen molar-refractivity contribution < 1.29 is 4.21 Å². The molecule has 0 spiro atoms. The van der Waals surface area contributed by atoms with Gasteiger partial charge in [0.25, 0.3) is 0 Å². The molecule has 2 heteroatoms. The molecule has 1 atom stereocenters. The van der Waals surface area contributed by atoms with Crippen molar-refractivity contribution in [2.75, 3.05) is 0 Å². The van der Waals surface area contributed by atoms with Crippen LogP contribution in [-0.2, 0) is 16.6 Å². The average Bonchev–Trinajstić information content (AvgIpc) is 2.09. The summed E-state index contributed by atoms with van der Waals surface area (Å²) >= 11 is 0. The molecule has 0 bridgehead atoms. The molecule has 1 aromatic rings. The Balaban J connectivity index is 2.71. The Morgan fingerprint density at radius 2 is 2.00 bits per heavy atom. The molecule has 1 nitrogen and oxygen atoms in total. The van der Waals surface area contributed by atoms with Gasteiger partial charge in [-0.05, 0) is 17.9 Å². The van der Waals surface area contributed by atoms with Gasteiger partial charge in [0.05, 0.1) is 5.75 Å². The molecule has 0 heterocycles. The van der Waals surface area contributed by atoms with Crippen LogP contribution in [0.1, 0.15) is 11.1 Å². The van der Waals surface area contributed by atoms with Crippen LogP contribution in [0.3, 0.4) is 0 Å². The van der Waals surface area contributed by atoms with Gasteiger partial charge in [0.15, 0.2) is 0 Å². The van der Waals surface area contributed by atoms with E-state index in [1.165, 1.54) is 11.0 Å². The second kappa shape index (κ2) is 4.21. The van der Waals surface area contributed by atoms with Crippen LogP contribution in [0.25, 0.3) is 0 Å². The maximum Gasteiger partial charge on any atom is 0.0526 e. The zero-order valence-corrected chi connectivity index (χ0v) is 7.93. The molecule has 0 aliphatic rings. The van der Waals surface area contributed by atoms with E-state index in [0.717, 1.165) is 5.56 Å². The van der Waals surface area contributed by atoms with Crippen molar-refractivity contribution in [2.24, 2.45) is 0 Å². The molecule has 1 aromatic carbocycles. The molecule has 1 rings (SSSR count). The van der Waals surface area contributed by atoms with Gasteiger partial charge in [-0.3, -0.25) is 4.21 Å². The first kappa shape index (κ1) is 9.20. The Labute approximate surface area is 75.6 Å². The molecular formula is C10H12OS. The van der Waals surface area contributed by atoms with Gasteiger partial charge in [0.1, 0.15) is 0 Å². The largest absolute Gasteiger partial charge is 0.255 e. The number of benzene rings is 1. The van der Waals surface area contributed by atoms with E-state index in [2.05, 4.69) is 6.58 Å². The van der Waals surface area contributed by atoms with Crippen molar-refractivity contribution in [3.8, 4) is 0 Å². The van der Waals surface area contributed by atoms with E-state index in [1.54, 1.807) is 0 Å². The molecular weight excluding hydrogens is 168 g/mol. The molecule has 0 radical (unpaired) electrons. The van der Waals surface area contributed by atoms with Crippen molar-refractivity contribution in [2.45, 2.75) is 12.7 Å². The van der Waals surface area contributed by atoms with Crippen LogP contribution in [-0.4, -0.2) is 4.21 Å². The van der Waals surface area contributed by atoms with E-state index < -0.39 is 10.8 Å². The molecule has 0 aromatic heterocycles. The van der Waals surface area contributed by atoms with Crippen LogP contribution in [0.4, 0.5) is 0 Å². The van der Waals surface area contributed by atoms with E-state index in [-0.39, 0.29) is 0 Å². The molecule has 0 amide bonds. The van der Waals surface area contributed by atoms with E-state index in [0.29, 0.717) is 5.75 Å². The van der Waals surface area contributed by atoms with Crippen LogP contribution in [0.2, 0.25) is 0 Å². The number of aryl methyl sites for hydroxylation is 1. The lowest BCUT2D eigenvalue weighted by molar-refractivity contribution is 0.688. The van der Waals surface area contributed by atoms with Crippen molar-refractivity contribution in [3.05, 3.63) is 47.4 Å². The van der Waals surface area contributed by atoms with Crippen LogP contribution in [0.5, 0.6) is 0 Å². The molecule has 0 saturated carbocycles. The lowest BCUT2D eigenvalue weighted by Gasteiger charge is -1.98. The third kappa shape index (κ3) is 2.62. The molecule has 0 aliphatic heterocycles. The fraction of sp³-hybridized carbons (Fsp3) is 0.200. The summed E-state index contributed by atoms with van der Waals surface area (Å²) in [5.41, 5.74) is 2.32. The van der Waals surface area contributed by atoms with Gasteiger partial charge >= 0.3 is 0 Å². The maximum atomic E-state index is 11.1. The van der Waals surface area contributed by atoms with Crippen LogP contribution in [0.15, 0.2) is 36.3 Å². The third-order valence-corrected chi connectivity index (χ3v) is 2.61. The van der Waals surface area contributed by atoms with Gasteiger partial charge in [-0.1, -0.05) is 36.4 Å². The molecule has 0 saturated heterocycles. The number of hydrogen-bond donors (Lipinski definition) is 0. The Hall–Kier alpha value is -0.890. The van der Waals surface area contributed by atoms with Crippen molar-refractivity contribution >= 4 is 10.8 Å². The second-order valence-electron chi connectivity index (χ2n) is 2.68. The molecule has 0 N–H and O–H groups in total. The Bertz CT molecular complexity index is 287. The quantitative estimate of drug-likeness (QED) is 0.698. The number of hydrogen-bond acceptors (Lipinski definition) is 1. The highest BCUT2D eigenvalue weighted by Gasteiger charge is 1.95. The summed E-state index contributed by atoms with van der Waals surface area (Å²) in [7, 11) is -0.921. The molecule has 12 heavy (non-hydrogen) atoms. The lowest BCUT2D eigenvalue weighted by Crippen LogP contribution is -1.90. The molecule has 0 aliphatic carbocycles. The van der Waals surface area contributed by atoms with Crippen molar-refractivity contribution in [1.82, 2.24) is 0 Å². The van der Waals surface area contributed by atoms with E-state index in [4.69, 9.17) is 0 Å². The summed E-state index contributed by atoms with van der Waals surface area (Å²) in [5.74, 6) is 0.573. The van der Waals surface area contributed by atoms with Crippen molar-refractivity contribution in [1.29, 1.82) is 0 Å². The van der Waals surface area contributed by atoms with Gasteiger partial charge in [-0.15, -0.1) is 0 Å². The second-order valence-corrected chi connectivity index (χ2v) is 4.06. The average molecular weight is 180 g/mol. The highest BCUT2D eigenvalue weighted by Crippen LogP contribution is 2.05. The van der Waals surface area contributed by atoms with Crippen LogP contribution in [0, 0.1) is 6.92 Å². The minimum absolute atomic E-state index is 0.573. The predicted octanol–water partition coefficient (Wildman–Crippen LogP) is 2.39. The minimum atomic E-state index is -0.921. The molecule has 64 valence electrons. The monoisotopic (exact) mass is 180 g/mol. The minimum Gasteiger partial charge on any atom is -0.255 e. The summed E-state index contributed by atoms with van der Waals surface area (Å²) in [4.78, 5) is 0. The summed E-state index contributed by atoms with van der Waals surface area (Å²) in [6.45, 7) is 5.51. The van der Waals surface area contributed by atoms with Crippen LogP contribution >= 0.6 is 0 Å². The fourth-order valence-electron chi connectivity index (χ4n) is 0.907. The first-order valence-corrected chi connectivity index (χ1v) is 5.16. The van der Waals surface area contributed by atoms with Gasteiger partial charge < -0.3 is 0 Å². The normalized spacial score (nSPS) is 12.4. The van der Waals surface area contributed by atoms with Gasteiger partial charge in [0, 0.05) is 10.8 Å². The van der Waals surface area contributed by atoms with E-state index in [9.17, 15) is 4.21 Å². The lowest BCUT2D eigenvalue weighted by atomic mass is 10.2. The standard InChI is InChI=1S/C10H12OS/c1-3-12(11)8-10-6-4-9(2)5-7-10/h3-7H,1,8H2,2H3. The Morgan fingerprint density at radius 1 is 1.42 bits per heavy atom. The highest BCUT2D eigenvalue weighted by atomic mass is 32.2. The van der Waals surface area contributed by atoms with Gasteiger partial charge in [0.2, 0.25) is 0 Å². The van der Waals surface area contributed by atoms with E-state index >= 15 is 0 Å². The Morgan fingerprint density at radius 3 is 2.50 bits per heavy atom. The summed E-state index contributed by atoms with van der Waals surface area (Å²) in [6, 6.07) is 8.04. The van der Waals surface area contributed by atoms with Crippen LogP contribution < -0.4 is 0 Å². The summed E-state index contributed by atoms with van der Waals surface area (Å²) < 4.78 is 11.1. The van der Waals surface area contributed by atoms with Gasteiger partial charge in [-0.25, -0.2) is 0 Å². The topological polar surface area (TPSA) is 17.1 Å². The molecule has 0 fully saturated rings. The van der Waals surface area contributed by atoms with Gasteiger partial charge in [-0.2, -0.15) is 0 Å². The summed E-state index contributed by atoms with van der Waals surface area (Å²) in [5, 5.41) is 1.47. The third-order valence-electron chi connectivity index (χ3n) is 1.62. The first-order valence-electron chi connectivity index (χ1n) is 3.77. The smallest absolute Gasteiger partial charge is 0.0526 e. The zero-order chi connectivity index (χ0) is 8.97. The fourth-order valence-corrected chi connectivity index (χ4v) is 1.55. The SMILES string of the molecule is C=CS(=O)Cc1ccc(C)cc1. The highest BCUT2D eigenvalue weighted by molar-refractivity contribution is 7.87.